The Morgan fingerprint density at radius 1 is 0.889 bits per heavy atom. The Labute approximate surface area is 156 Å². The van der Waals surface area contributed by atoms with E-state index in [1.54, 1.807) is 30.3 Å². The molecule has 0 bridgehead atoms. The molecule has 0 saturated heterocycles. The Morgan fingerprint density at radius 3 is 2.22 bits per heavy atom. The highest BCUT2D eigenvalue weighted by atomic mass is 32.2. The fraction of sp³-hybridized carbons (Fsp3) is 0.0500. The molecule has 0 aromatic heterocycles. The lowest BCUT2D eigenvalue weighted by Gasteiger charge is -2.10. The standard InChI is InChI=1S/C20H17FN2O3S/c1-14-5-11-19(12-6-14)27(25,26)23-18-4-2-3-15(13-18)20(24)22-17-9-7-16(21)8-10-17/h2-13,23H,1H3,(H,22,24). The van der Waals surface area contributed by atoms with Gasteiger partial charge in [0.25, 0.3) is 15.9 Å². The highest BCUT2D eigenvalue weighted by molar-refractivity contribution is 7.92. The molecule has 0 radical (unpaired) electrons. The summed E-state index contributed by atoms with van der Waals surface area (Å²) in [7, 11) is -3.76. The fourth-order valence-corrected chi connectivity index (χ4v) is 3.44. The second-order valence-corrected chi connectivity index (χ2v) is 7.64. The molecule has 2 N–H and O–H groups in total. The zero-order valence-corrected chi connectivity index (χ0v) is 15.3. The molecule has 3 aromatic rings. The molecule has 7 heteroatoms. The molecule has 0 atom stereocenters. The minimum absolute atomic E-state index is 0.134. The van der Waals surface area contributed by atoms with E-state index >= 15 is 0 Å². The maximum Gasteiger partial charge on any atom is 0.261 e. The van der Waals surface area contributed by atoms with Crippen molar-refractivity contribution in [2.45, 2.75) is 11.8 Å². The molecule has 0 unspecified atom stereocenters. The molecule has 0 aliphatic carbocycles. The van der Waals surface area contributed by atoms with Crippen molar-refractivity contribution in [3.63, 3.8) is 0 Å². The molecule has 138 valence electrons. The van der Waals surface area contributed by atoms with Crippen LogP contribution in [-0.4, -0.2) is 14.3 Å². The number of benzene rings is 3. The molecule has 0 fully saturated rings. The minimum atomic E-state index is -3.76. The summed E-state index contributed by atoms with van der Waals surface area (Å²) in [6.45, 7) is 1.87. The van der Waals surface area contributed by atoms with Gasteiger partial charge in [0.15, 0.2) is 0 Å². The number of aryl methyl sites for hydroxylation is 1. The summed E-state index contributed by atoms with van der Waals surface area (Å²) in [5.41, 5.74) is 1.92. The van der Waals surface area contributed by atoms with Crippen LogP contribution in [0.5, 0.6) is 0 Å². The van der Waals surface area contributed by atoms with Crippen molar-refractivity contribution in [1.82, 2.24) is 0 Å². The minimum Gasteiger partial charge on any atom is -0.322 e. The highest BCUT2D eigenvalue weighted by Crippen LogP contribution is 2.19. The van der Waals surface area contributed by atoms with Gasteiger partial charge in [-0.15, -0.1) is 0 Å². The van der Waals surface area contributed by atoms with Gasteiger partial charge in [-0.25, -0.2) is 12.8 Å². The van der Waals surface area contributed by atoms with Crippen molar-refractivity contribution >= 4 is 27.3 Å². The summed E-state index contributed by atoms with van der Waals surface area (Å²) in [6.07, 6.45) is 0. The third-order valence-electron chi connectivity index (χ3n) is 3.81. The van der Waals surface area contributed by atoms with Crippen LogP contribution in [0.15, 0.2) is 77.7 Å². The fourth-order valence-electron chi connectivity index (χ4n) is 2.39. The lowest BCUT2D eigenvalue weighted by molar-refractivity contribution is 0.102. The number of sulfonamides is 1. The van der Waals surface area contributed by atoms with E-state index < -0.39 is 21.7 Å². The monoisotopic (exact) mass is 384 g/mol. The van der Waals surface area contributed by atoms with E-state index in [-0.39, 0.29) is 16.1 Å². The van der Waals surface area contributed by atoms with Crippen LogP contribution in [0.1, 0.15) is 15.9 Å². The molecule has 0 aliphatic rings. The van der Waals surface area contributed by atoms with Crippen LogP contribution in [0.3, 0.4) is 0 Å². The van der Waals surface area contributed by atoms with Crippen molar-refractivity contribution < 1.29 is 17.6 Å². The van der Waals surface area contributed by atoms with Gasteiger partial charge in [0.1, 0.15) is 5.82 Å². The van der Waals surface area contributed by atoms with Crippen molar-refractivity contribution in [2.24, 2.45) is 0 Å². The number of carbonyl (C=O) groups is 1. The number of hydrogen-bond donors (Lipinski definition) is 2. The smallest absolute Gasteiger partial charge is 0.261 e. The van der Waals surface area contributed by atoms with Crippen molar-refractivity contribution in [2.75, 3.05) is 10.0 Å². The first-order valence-corrected chi connectivity index (χ1v) is 9.58. The molecule has 0 spiro atoms. The zero-order chi connectivity index (χ0) is 19.4. The van der Waals surface area contributed by atoms with Gasteiger partial charge < -0.3 is 5.32 Å². The van der Waals surface area contributed by atoms with Crippen molar-refractivity contribution in [1.29, 1.82) is 0 Å². The van der Waals surface area contributed by atoms with E-state index in [0.717, 1.165) is 5.56 Å². The lowest BCUT2D eigenvalue weighted by Crippen LogP contribution is -2.15. The number of rotatable bonds is 5. The van der Waals surface area contributed by atoms with Crippen LogP contribution in [0, 0.1) is 12.7 Å². The maximum absolute atomic E-state index is 12.9. The molecule has 27 heavy (non-hydrogen) atoms. The number of amides is 1. The van der Waals surface area contributed by atoms with E-state index in [1.165, 1.54) is 42.5 Å². The predicted molar refractivity (Wildman–Crippen MR) is 103 cm³/mol. The van der Waals surface area contributed by atoms with Gasteiger partial charge >= 0.3 is 0 Å². The van der Waals surface area contributed by atoms with E-state index in [0.29, 0.717) is 5.69 Å². The van der Waals surface area contributed by atoms with Crippen LogP contribution in [0.2, 0.25) is 0 Å². The van der Waals surface area contributed by atoms with Crippen LogP contribution in [0.4, 0.5) is 15.8 Å². The quantitative estimate of drug-likeness (QED) is 0.693. The summed E-state index contributed by atoms with van der Waals surface area (Å²) in [5.74, 6) is -0.835. The van der Waals surface area contributed by atoms with Gasteiger partial charge in [-0.2, -0.15) is 0 Å². The second-order valence-electron chi connectivity index (χ2n) is 5.96. The van der Waals surface area contributed by atoms with E-state index in [2.05, 4.69) is 10.0 Å². The normalized spacial score (nSPS) is 11.0. The number of nitrogens with one attached hydrogen (secondary N) is 2. The van der Waals surface area contributed by atoms with Crippen molar-refractivity contribution in [3.05, 3.63) is 89.7 Å². The SMILES string of the molecule is Cc1ccc(S(=O)(=O)Nc2cccc(C(=O)Nc3ccc(F)cc3)c2)cc1. The zero-order valence-electron chi connectivity index (χ0n) is 14.4. The molecule has 5 nitrogen and oxygen atoms in total. The molecule has 0 saturated carbocycles. The summed E-state index contributed by atoms with van der Waals surface area (Å²) in [4.78, 5) is 12.5. The number of halogens is 1. The number of hydrogen-bond acceptors (Lipinski definition) is 3. The molecule has 0 aliphatic heterocycles. The number of anilines is 2. The Morgan fingerprint density at radius 2 is 1.56 bits per heavy atom. The first-order chi connectivity index (χ1) is 12.8. The summed E-state index contributed by atoms with van der Waals surface area (Å²) < 4.78 is 40.3. The molecular weight excluding hydrogens is 367 g/mol. The van der Waals surface area contributed by atoms with Crippen molar-refractivity contribution in [3.8, 4) is 0 Å². The topological polar surface area (TPSA) is 75.3 Å². The summed E-state index contributed by atoms with van der Waals surface area (Å²) in [5, 5.41) is 2.63. The molecule has 1 amide bonds. The highest BCUT2D eigenvalue weighted by Gasteiger charge is 2.15. The first-order valence-electron chi connectivity index (χ1n) is 8.10. The number of carbonyl (C=O) groups excluding carboxylic acids is 1. The molecule has 0 heterocycles. The Hall–Kier alpha value is -3.19. The van der Waals surface area contributed by atoms with E-state index in [4.69, 9.17) is 0 Å². The average Bonchev–Trinajstić information content (AvgIpc) is 2.64. The largest absolute Gasteiger partial charge is 0.322 e. The first kappa shape index (κ1) is 18.6. The molecular formula is C20H17FN2O3S. The Bertz CT molecular complexity index is 1060. The van der Waals surface area contributed by atoms with Gasteiger partial charge in [-0.05, 0) is 61.5 Å². The summed E-state index contributed by atoms with van der Waals surface area (Å²) >= 11 is 0. The average molecular weight is 384 g/mol. The van der Waals surface area contributed by atoms with Gasteiger partial charge in [0, 0.05) is 16.9 Å². The summed E-state index contributed by atoms with van der Waals surface area (Å²) in [6, 6.07) is 17.9. The van der Waals surface area contributed by atoms with Gasteiger partial charge in [-0.1, -0.05) is 23.8 Å². The van der Waals surface area contributed by atoms with Gasteiger partial charge in [-0.3, -0.25) is 9.52 Å². The van der Waals surface area contributed by atoms with Gasteiger partial charge in [0.05, 0.1) is 4.90 Å². The van der Waals surface area contributed by atoms with Gasteiger partial charge in [0.2, 0.25) is 0 Å². The van der Waals surface area contributed by atoms with Crippen LogP contribution >= 0.6 is 0 Å². The Kier molecular flexibility index (Phi) is 5.23. The van der Waals surface area contributed by atoms with E-state index in [9.17, 15) is 17.6 Å². The second kappa shape index (κ2) is 7.59. The molecule has 3 rings (SSSR count). The lowest BCUT2D eigenvalue weighted by atomic mass is 10.2. The van der Waals surface area contributed by atoms with Crippen LogP contribution in [-0.2, 0) is 10.0 Å². The third kappa shape index (κ3) is 4.71. The molecule has 3 aromatic carbocycles. The van der Waals surface area contributed by atoms with E-state index in [1.807, 2.05) is 6.92 Å². The third-order valence-corrected chi connectivity index (χ3v) is 5.21. The maximum atomic E-state index is 12.9. The Balaban J connectivity index is 1.77. The predicted octanol–water partition coefficient (Wildman–Crippen LogP) is 4.19. The van der Waals surface area contributed by atoms with Crippen LogP contribution in [0.25, 0.3) is 0 Å². The van der Waals surface area contributed by atoms with Crippen LogP contribution < -0.4 is 10.0 Å².